The fraction of sp³-hybridized carbons (Fsp3) is 0.462. The van der Waals surface area contributed by atoms with Crippen molar-refractivity contribution >= 4 is 28.5 Å². The summed E-state index contributed by atoms with van der Waals surface area (Å²) in [6, 6.07) is 7.62. The number of halogens is 1. The first-order valence-electron chi connectivity index (χ1n) is 5.87. The highest BCUT2D eigenvalue weighted by Crippen LogP contribution is 2.13. The van der Waals surface area contributed by atoms with Crippen molar-refractivity contribution in [2.45, 2.75) is 12.8 Å². The first-order chi connectivity index (χ1) is 8.25. The maximum absolute atomic E-state index is 11.9. The van der Waals surface area contributed by atoms with E-state index in [0.717, 1.165) is 41.7 Å². The fourth-order valence-electron chi connectivity index (χ4n) is 1.89. The number of hydrogen-bond acceptors (Lipinski definition) is 2. The van der Waals surface area contributed by atoms with Gasteiger partial charge < -0.3 is 10.1 Å². The topological polar surface area (TPSA) is 38.3 Å². The highest BCUT2D eigenvalue weighted by molar-refractivity contribution is 14.1. The molecule has 1 saturated heterocycles. The maximum Gasteiger partial charge on any atom is 0.251 e. The molecule has 1 fully saturated rings. The maximum atomic E-state index is 11.9. The molecule has 0 radical (unpaired) electrons. The lowest BCUT2D eigenvalue weighted by Crippen LogP contribution is -2.32. The lowest BCUT2D eigenvalue weighted by atomic mass is 10.0. The Hall–Kier alpha value is -0.620. The van der Waals surface area contributed by atoms with E-state index in [-0.39, 0.29) is 5.91 Å². The fourth-order valence-corrected chi connectivity index (χ4v) is 2.25. The van der Waals surface area contributed by atoms with Crippen LogP contribution in [0.1, 0.15) is 23.2 Å². The van der Waals surface area contributed by atoms with Crippen LogP contribution in [-0.4, -0.2) is 25.7 Å². The molecule has 0 saturated carbocycles. The number of amides is 1. The van der Waals surface area contributed by atoms with Crippen molar-refractivity contribution in [1.82, 2.24) is 5.32 Å². The summed E-state index contributed by atoms with van der Waals surface area (Å²) in [7, 11) is 0. The van der Waals surface area contributed by atoms with E-state index in [0.29, 0.717) is 5.92 Å². The number of nitrogens with one attached hydrogen (secondary N) is 1. The van der Waals surface area contributed by atoms with E-state index in [4.69, 9.17) is 4.74 Å². The minimum absolute atomic E-state index is 0.0212. The van der Waals surface area contributed by atoms with Gasteiger partial charge in [0.15, 0.2) is 0 Å². The standard InChI is InChI=1S/C13H16INO2/c14-12-3-1-11(2-4-12)13(16)15-9-10-5-7-17-8-6-10/h1-4,10H,5-9H2,(H,15,16). The van der Waals surface area contributed by atoms with Gasteiger partial charge >= 0.3 is 0 Å². The quantitative estimate of drug-likeness (QED) is 0.855. The van der Waals surface area contributed by atoms with Crippen LogP contribution in [0, 0.1) is 9.49 Å². The summed E-state index contributed by atoms with van der Waals surface area (Å²) < 4.78 is 6.43. The Morgan fingerprint density at radius 2 is 1.94 bits per heavy atom. The predicted octanol–water partition coefficient (Wildman–Crippen LogP) is 2.45. The van der Waals surface area contributed by atoms with Crippen LogP contribution in [-0.2, 0) is 4.74 Å². The van der Waals surface area contributed by atoms with Gasteiger partial charge in [0.05, 0.1) is 0 Å². The van der Waals surface area contributed by atoms with Gasteiger partial charge in [0.25, 0.3) is 5.91 Å². The van der Waals surface area contributed by atoms with Crippen LogP contribution in [0.4, 0.5) is 0 Å². The molecule has 0 spiro atoms. The zero-order chi connectivity index (χ0) is 12.1. The Kier molecular flexibility index (Phi) is 4.79. The van der Waals surface area contributed by atoms with Crippen LogP contribution in [0.25, 0.3) is 0 Å². The van der Waals surface area contributed by atoms with Crippen molar-refractivity contribution in [3.8, 4) is 0 Å². The monoisotopic (exact) mass is 345 g/mol. The largest absolute Gasteiger partial charge is 0.381 e. The Balaban J connectivity index is 1.82. The summed E-state index contributed by atoms with van der Waals surface area (Å²) in [5.74, 6) is 0.587. The van der Waals surface area contributed by atoms with Gasteiger partial charge in [-0.2, -0.15) is 0 Å². The lowest BCUT2D eigenvalue weighted by molar-refractivity contribution is 0.0642. The molecule has 0 unspecified atom stereocenters. The summed E-state index contributed by atoms with van der Waals surface area (Å²) in [5.41, 5.74) is 0.734. The lowest BCUT2D eigenvalue weighted by Gasteiger charge is -2.22. The van der Waals surface area contributed by atoms with E-state index < -0.39 is 0 Å². The smallest absolute Gasteiger partial charge is 0.251 e. The molecule has 17 heavy (non-hydrogen) atoms. The van der Waals surface area contributed by atoms with Crippen LogP contribution in [0.2, 0.25) is 0 Å². The summed E-state index contributed by atoms with van der Waals surface area (Å²) in [4.78, 5) is 11.9. The molecule has 0 aromatic heterocycles. The molecule has 2 rings (SSSR count). The first-order valence-corrected chi connectivity index (χ1v) is 6.95. The molecule has 3 nitrogen and oxygen atoms in total. The third-order valence-corrected chi connectivity index (χ3v) is 3.72. The minimum Gasteiger partial charge on any atom is -0.381 e. The van der Waals surface area contributed by atoms with Crippen molar-refractivity contribution < 1.29 is 9.53 Å². The number of rotatable bonds is 3. The normalized spacial score (nSPS) is 16.8. The highest BCUT2D eigenvalue weighted by atomic mass is 127. The van der Waals surface area contributed by atoms with Crippen molar-refractivity contribution in [1.29, 1.82) is 0 Å². The number of benzene rings is 1. The molecule has 1 aliphatic heterocycles. The molecule has 1 N–H and O–H groups in total. The highest BCUT2D eigenvalue weighted by Gasteiger charge is 2.14. The van der Waals surface area contributed by atoms with Gasteiger partial charge in [-0.1, -0.05) is 0 Å². The van der Waals surface area contributed by atoms with Crippen molar-refractivity contribution in [2.75, 3.05) is 19.8 Å². The summed E-state index contributed by atoms with van der Waals surface area (Å²) in [5, 5.41) is 2.99. The van der Waals surface area contributed by atoms with E-state index in [9.17, 15) is 4.79 Å². The van der Waals surface area contributed by atoms with E-state index >= 15 is 0 Å². The number of carbonyl (C=O) groups is 1. The molecule has 92 valence electrons. The Bertz CT molecular complexity index is 372. The van der Waals surface area contributed by atoms with Crippen LogP contribution in [0.15, 0.2) is 24.3 Å². The van der Waals surface area contributed by atoms with Crippen LogP contribution in [0.5, 0.6) is 0 Å². The van der Waals surface area contributed by atoms with Gasteiger partial charge in [0.2, 0.25) is 0 Å². The second kappa shape index (κ2) is 6.35. The van der Waals surface area contributed by atoms with E-state index in [1.165, 1.54) is 0 Å². The molecule has 1 heterocycles. The molecule has 1 aliphatic rings. The van der Waals surface area contributed by atoms with Crippen LogP contribution in [0.3, 0.4) is 0 Å². The second-order valence-corrected chi connectivity index (χ2v) is 5.52. The van der Waals surface area contributed by atoms with Crippen molar-refractivity contribution in [3.05, 3.63) is 33.4 Å². The van der Waals surface area contributed by atoms with Gasteiger partial charge in [0, 0.05) is 28.9 Å². The van der Waals surface area contributed by atoms with Crippen LogP contribution < -0.4 is 5.32 Å². The predicted molar refractivity (Wildman–Crippen MR) is 75.0 cm³/mol. The summed E-state index contributed by atoms with van der Waals surface area (Å²) >= 11 is 2.23. The summed E-state index contributed by atoms with van der Waals surface area (Å²) in [6.45, 7) is 2.41. The average Bonchev–Trinajstić information content (AvgIpc) is 2.38. The van der Waals surface area contributed by atoms with E-state index in [1.54, 1.807) is 0 Å². The van der Waals surface area contributed by atoms with Gasteiger partial charge in [-0.3, -0.25) is 4.79 Å². The van der Waals surface area contributed by atoms with Gasteiger partial charge in [-0.05, 0) is 65.6 Å². The molecule has 0 bridgehead atoms. The zero-order valence-corrected chi connectivity index (χ0v) is 11.8. The van der Waals surface area contributed by atoms with Crippen molar-refractivity contribution in [3.63, 3.8) is 0 Å². The number of ether oxygens (including phenoxy) is 1. The second-order valence-electron chi connectivity index (χ2n) is 4.27. The average molecular weight is 345 g/mol. The molecular weight excluding hydrogens is 329 g/mol. The van der Waals surface area contributed by atoms with E-state index in [1.807, 2.05) is 24.3 Å². The molecule has 0 aliphatic carbocycles. The van der Waals surface area contributed by atoms with E-state index in [2.05, 4.69) is 27.9 Å². The Labute approximate surface area is 115 Å². The third-order valence-electron chi connectivity index (χ3n) is 3.00. The molecule has 1 aromatic rings. The molecule has 4 heteroatoms. The van der Waals surface area contributed by atoms with Gasteiger partial charge in [0.1, 0.15) is 0 Å². The zero-order valence-electron chi connectivity index (χ0n) is 9.62. The molecule has 1 amide bonds. The number of carbonyl (C=O) groups excluding carboxylic acids is 1. The number of hydrogen-bond donors (Lipinski definition) is 1. The Morgan fingerprint density at radius 1 is 1.29 bits per heavy atom. The summed E-state index contributed by atoms with van der Waals surface area (Å²) in [6.07, 6.45) is 2.10. The molecule has 1 aromatic carbocycles. The SMILES string of the molecule is O=C(NCC1CCOCC1)c1ccc(I)cc1. The van der Waals surface area contributed by atoms with Crippen molar-refractivity contribution in [2.24, 2.45) is 5.92 Å². The van der Waals surface area contributed by atoms with Crippen LogP contribution >= 0.6 is 22.6 Å². The Morgan fingerprint density at radius 3 is 2.59 bits per heavy atom. The third kappa shape index (κ3) is 3.96. The van der Waals surface area contributed by atoms with Gasteiger partial charge in [-0.25, -0.2) is 0 Å². The van der Waals surface area contributed by atoms with Gasteiger partial charge in [-0.15, -0.1) is 0 Å². The molecule has 0 atom stereocenters. The first kappa shape index (κ1) is 12.8. The molecular formula is C13H16INO2. The minimum atomic E-state index is 0.0212.